The number of rotatable bonds is 8. The third kappa shape index (κ3) is 4.65. The summed E-state index contributed by atoms with van der Waals surface area (Å²) in [5.41, 5.74) is 1.52. The third-order valence-corrected chi connectivity index (χ3v) is 6.60. The second-order valence-electron chi connectivity index (χ2n) is 8.17. The Morgan fingerprint density at radius 3 is 2.57 bits per heavy atom. The summed E-state index contributed by atoms with van der Waals surface area (Å²) in [7, 11) is 3.20. The molecule has 4 rings (SSSR count). The molecule has 0 radical (unpaired) electrons. The summed E-state index contributed by atoms with van der Waals surface area (Å²) in [6.45, 7) is 1.02. The lowest BCUT2D eigenvalue weighted by molar-refractivity contribution is 0.0968. The number of nitrogens with zero attached hydrogens (tertiary/aromatic N) is 1. The number of carbonyl (C=O) groups is 1. The summed E-state index contributed by atoms with van der Waals surface area (Å²) >= 11 is 3.58. The van der Waals surface area contributed by atoms with Crippen molar-refractivity contribution in [2.45, 2.75) is 44.2 Å². The van der Waals surface area contributed by atoms with Gasteiger partial charge in [0.25, 0.3) is 5.91 Å². The van der Waals surface area contributed by atoms with Gasteiger partial charge < -0.3 is 19.7 Å². The summed E-state index contributed by atoms with van der Waals surface area (Å²) in [4.78, 5) is 15.9. The Bertz CT molecular complexity index is 894. The topological polar surface area (TPSA) is 50.8 Å². The van der Waals surface area contributed by atoms with Crippen molar-refractivity contribution in [3.63, 3.8) is 0 Å². The van der Waals surface area contributed by atoms with Crippen LogP contribution in [0.5, 0.6) is 11.5 Å². The van der Waals surface area contributed by atoms with Crippen LogP contribution in [0.25, 0.3) is 0 Å². The summed E-state index contributed by atoms with van der Waals surface area (Å²) in [5, 5.41) is 3.65. The van der Waals surface area contributed by atoms with Crippen LogP contribution in [0, 0.1) is 5.92 Å². The minimum atomic E-state index is -0.00611. The van der Waals surface area contributed by atoms with Crippen molar-refractivity contribution in [2.24, 2.45) is 5.92 Å². The molecule has 5 nitrogen and oxygen atoms in total. The lowest BCUT2D eigenvalue weighted by atomic mass is 9.96. The highest BCUT2D eigenvalue weighted by molar-refractivity contribution is 9.10. The highest BCUT2D eigenvalue weighted by atomic mass is 79.9. The first kappa shape index (κ1) is 21.2. The van der Waals surface area contributed by atoms with Crippen LogP contribution in [0.1, 0.15) is 42.5 Å². The van der Waals surface area contributed by atoms with Crippen LogP contribution in [-0.2, 0) is 0 Å². The molecule has 6 heteroatoms. The highest BCUT2D eigenvalue weighted by Crippen LogP contribution is 2.39. The predicted octanol–water partition coefficient (Wildman–Crippen LogP) is 5.03. The highest BCUT2D eigenvalue weighted by Gasteiger charge is 2.38. The number of anilines is 1. The molecule has 1 unspecified atom stereocenters. The standard InChI is InChI=1S/C24H29BrN2O3/c1-29-22-11-10-17(14-23(22)30-2)24(28)27(19-6-3-5-18(25)15-19)21(13-16-8-9-16)20-7-4-12-26-20/h3,5-6,10-11,14-16,20-21,26H,4,7-9,12-13H2,1-2H3/t20?,21-/m0/s1. The number of halogens is 1. The Balaban J connectivity index is 1.75. The maximum absolute atomic E-state index is 13.9. The van der Waals surface area contributed by atoms with Gasteiger partial charge in [0.15, 0.2) is 11.5 Å². The molecule has 1 saturated carbocycles. The molecule has 2 aromatic carbocycles. The van der Waals surface area contributed by atoms with Gasteiger partial charge in [-0.05, 0) is 68.1 Å². The molecule has 160 valence electrons. The van der Waals surface area contributed by atoms with Crippen molar-refractivity contribution >= 4 is 27.5 Å². The monoisotopic (exact) mass is 472 g/mol. The number of ether oxygens (including phenoxy) is 2. The van der Waals surface area contributed by atoms with E-state index >= 15 is 0 Å². The summed E-state index contributed by atoms with van der Waals surface area (Å²) in [5.74, 6) is 1.89. The van der Waals surface area contributed by atoms with E-state index in [2.05, 4.69) is 21.2 Å². The molecule has 1 heterocycles. The van der Waals surface area contributed by atoms with Gasteiger partial charge in [-0.25, -0.2) is 0 Å². The number of hydrogen-bond acceptors (Lipinski definition) is 4. The molecule has 1 saturated heterocycles. The summed E-state index contributed by atoms with van der Waals surface area (Å²) in [6.07, 6.45) is 5.81. The van der Waals surface area contributed by atoms with Crippen LogP contribution >= 0.6 is 15.9 Å². The van der Waals surface area contributed by atoms with Gasteiger partial charge in [0.05, 0.1) is 20.3 Å². The molecule has 2 atom stereocenters. The van der Waals surface area contributed by atoms with Crippen LogP contribution < -0.4 is 19.7 Å². The average Bonchev–Trinajstić information content (AvgIpc) is 3.42. The van der Waals surface area contributed by atoms with Crippen molar-refractivity contribution in [1.82, 2.24) is 5.32 Å². The van der Waals surface area contributed by atoms with Gasteiger partial charge in [-0.3, -0.25) is 4.79 Å². The van der Waals surface area contributed by atoms with E-state index in [0.717, 1.165) is 36.0 Å². The molecule has 0 spiro atoms. The lowest BCUT2D eigenvalue weighted by Crippen LogP contribution is -2.51. The van der Waals surface area contributed by atoms with Gasteiger partial charge in [-0.15, -0.1) is 0 Å². The van der Waals surface area contributed by atoms with Gasteiger partial charge >= 0.3 is 0 Å². The molecule has 30 heavy (non-hydrogen) atoms. The van der Waals surface area contributed by atoms with Crippen molar-refractivity contribution < 1.29 is 14.3 Å². The smallest absolute Gasteiger partial charge is 0.258 e. The molecule has 1 aliphatic heterocycles. The molecular weight excluding hydrogens is 444 g/mol. The first-order valence-electron chi connectivity index (χ1n) is 10.6. The Morgan fingerprint density at radius 1 is 1.13 bits per heavy atom. The van der Waals surface area contributed by atoms with E-state index in [1.807, 2.05) is 35.2 Å². The molecule has 2 aliphatic rings. The van der Waals surface area contributed by atoms with Crippen molar-refractivity contribution in [2.75, 3.05) is 25.7 Å². The van der Waals surface area contributed by atoms with Crippen LogP contribution in [-0.4, -0.2) is 38.8 Å². The third-order valence-electron chi connectivity index (χ3n) is 6.10. The summed E-state index contributed by atoms with van der Waals surface area (Å²) < 4.78 is 11.8. The molecule has 1 N–H and O–H groups in total. The average molecular weight is 473 g/mol. The molecule has 2 aromatic rings. The molecular formula is C24H29BrN2O3. The van der Waals surface area contributed by atoms with E-state index < -0.39 is 0 Å². The SMILES string of the molecule is COc1ccc(C(=O)N(c2cccc(Br)c2)[C@@H](CC2CC2)C2CCCN2)cc1OC. The Hall–Kier alpha value is -2.05. The lowest BCUT2D eigenvalue weighted by Gasteiger charge is -2.36. The maximum Gasteiger partial charge on any atom is 0.258 e. The van der Waals surface area contributed by atoms with E-state index in [1.54, 1.807) is 26.4 Å². The second kappa shape index (κ2) is 9.40. The zero-order valence-electron chi connectivity index (χ0n) is 17.6. The first-order chi connectivity index (χ1) is 14.6. The number of nitrogens with one attached hydrogen (secondary N) is 1. The fourth-order valence-electron chi connectivity index (χ4n) is 4.38. The van der Waals surface area contributed by atoms with E-state index in [0.29, 0.717) is 29.0 Å². The first-order valence-corrected chi connectivity index (χ1v) is 11.4. The van der Waals surface area contributed by atoms with Gasteiger partial charge in [-0.1, -0.05) is 34.8 Å². The molecule has 1 aliphatic carbocycles. The van der Waals surface area contributed by atoms with E-state index in [4.69, 9.17) is 9.47 Å². The maximum atomic E-state index is 13.9. The van der Waals surface area contributed by atoms with Gasteiger partial charge in [0.1, 0.15) is 0 Å². The quantitative estimate of drug-likeness (QED) is 0.584. The molecule has 2 fully saturated rings. The molecule has 0 bridgehead atoms. The fourth-order valence-corrected chi connectivity index (χ4v) is 4.77. The van der Waals surface area contributed by atoms with Crippen molar-refractivity contribution in [3.8, 4) is 11.5 Å². The zero-order valence-corrected chi connectivity index (χ0v) is 19.2. The van der Waals surface area contributed by atoms with Crippen LogP contribution in [0.15, 0.2) is 46.9 Å². The van der Waals surface area contributed by atoms with Gasteiger partial charge in [0.2, 0.25) is 0 Å². The number of methoxy groups -OCH3 is 2. The zero-order chi connectivity index (χ0) is 21.1. The van der Waals surface area contributed by atoms with Crippen molar-refractivity contribution in [3.05, 3.63) is 52.5 Å². The number of hydrogen-bond donors (Lipinski definition) is 1. The Labute approximate surface area is 186 Å². The second-order valence-corrected chi connectivity index (χ2v) is 9.09. The van der Waals surface area contributed by atoms with Crippen LogP contribution in [0.4, 0.5) is 5.69 Å². The Morgan fingerprint density at radius 2 is 1.93 bits per heavy atom. The van der Waals surface area contributed by atoms with E-state index in [-0.39, 0.29) is 11.9 Å². The van der Waals surface area contributed by atoms with Gasteiger partial charge in [0, 0.05) is 21.8 Å². The van der Waals surface area contributed by atoms with Crippen LogP contribution in [0.2, 0.25) is 0 Å². The van der Waals surface area contributed by atoms with E-state index in [9.17, 15) is 4.79 Å². The summed E-state index contributed by atoms with van der Waals surface area (Å²) in [6, 6.07) is 13.9. The fraction of sp³-hybridized carbons (Fsp3) is 0.458. The predicted molar refractivity (Wildman–Crippen MR) is 123 cm³/mol. The molecule has 1 amide bonds. The Kier molecular flexibility index (Phi) is 6.64. The van der Waals surface area contributed by atoms with E-state index in [1.165, 1.54) is 12.8 Å². The minimum absolute atomic E-state index is 0.00611. The largest absolute Gasteiger partial charge is 0.493 e. The minimum Gasteiger partial charge on any atom is -0.493 e. The van der Waals surface area contributed by atoms with Gasteiger partial charge in [-0.2, -0.15) is 0 Å². The van der Waals surface area contributed by atoms with Crippen LogP contribution in [0.3, 0.4) is 0 Å². The number of carbonyl (C=O) groups excluding carboxylic acids is 1. The molecule has 0 aromatic heterocycles. The van der Waals surface area contributed by atoms with Crippen molar-refractivity contribution in [1.29, 1.82) is 0 Å². The number of benzene rings is 2. The normalized spacial score (nSPS) is 19.4. The number of amides is 1.